The number of phenols is 1. The lowest BCUT2D eigenvalue weighted by Crippen LogP contribution is -2.13. The van der Waals surface area contributed by atoms with Crippen molar-refractivity contribution in [2.45, 2.75) is 6.42 Å². The van der Waals surface area contributed by atoms with Crippen LogP contribution in [0.5, 0.6) is 17.2 Å². The van der Waals surface area contributed by atoms with Gasteiger partial charge in [-0.3, -0.25) is 4.99 Å². The molecule has 0 spiro atoms. The summed E-state index contributed by atoms with van der Waals surface area (Å²) in [7, 11) is 3.00. The van der Waals surface area contributed by atoms with E-state index in [0.717, 1.165) is 32.5 Å². The summed E-state index contributed by atoms with van der Waals surface area (Å²) in [5.41, 5.74) is 3.92. The topological polar surface area (TPSA) is 68.3 Å². The number of thiazole rings is 1. The van der Waals surface area contributed by atoms with Crippen molar-refractivity contribution in [2.24, 2.45) is 10.1 Å². The van der Waals surface area contributed by atoms with Crippen LogP contribution in [-0.2, 0) is 6.42 Å². The zero-order chi connectivity index (χ0) is 23.9. The first kappa shape index (κ1) is 23.8. The number of hydrogen-bond acceptors (Lipinski definition) is 6. The lowest BCUT2D eigenvalue weighted by Gasteiger charge is -2.09. The Labute approximate surface area is 210 Å². The lowest BCUT2D eigenvalue weighted by atomic mass is 10.2. The van der Waals surface area contributed by atoms with Gasteiger partial charge < -0.3 is 14.6 Å². The molecule has 3 aromatic carbocycles. The first-order valence-electron chi connectivity index (χ1n) is 10.6. The van der Waals surface area contributed by atoms with Crippen LogP contribution in [0, 0.1) is 0 Å². The highest BCUT2D eigenvalue weighted by atomic mass is 79.9. The molecule has 0 aliphatic carbocycles. The van der Waals surface area contributed by atoms with Gasteiger partial charge in [-0.1, -0.05) is 58.4 Å². The number of aromatic hydroxyl groups is 1. The second kappa shape index (κ2) is 11.2. The Bertz CT molecular complexity index is 1340. The van der Waals surface area contributed by atoms with Gasteiger partial charge in [0.05, 0.1) is 26.1 Å². The number of hydrogen-bond donors (Lipinski definition) is 1. The Morgan fingerprint density at radius 1 is 1.00 bits per heavy atom. The molecule has 0 unspecified atom stereocenters. The van der Waals surface area contributed by atoms with Gasteiger partial charge in [0.2, 0.25) is 10.6 Å². The Kier molecular flexibility index (Phi) is 7.82. The van der Waals surface area contributed by atoms with E-state index >= 15 is 0 Å². The van der Waals surface area contributed by atoms with Crippen molar-refractivity contribution < 1.29 is 14.6 Å². The zero-order valence-corrected chi connectivity index (χ0v) is 21.2. The summed E-state index contributed by atoms with van der Waals surface area (Å²) < 4.78 is 13.4. The SMILES string of the molecule is COc1cc(C=Nn2c(-c3cccc(Br)c3)csc2=NCCc2ccccc2)cc(OC)c1O. The third-order valence-electron chi connectivity index (χ3n) is 5.12. The van der Waals surface area contributed by atoms with Crippen LogP contribution in [-0.4, -0.2) is 36.8 Å². The molecule has 6 nitrogen and oxygen atoms in total. The molecule has 34 heavy (non-hydrogen) atoms. The van der Waals surface area contributed by atoms with Gasteiger partial charge in [-0.25, -0.2) is 4.68 Å². The predicted molar refractivity (Wildman–Crippen MR) is 140 cm³/mol. The molecule has 0 atom stereocenters. The molecule has 0 saturated heterocycles. The Morgan fingerprint density at radius 3 is 2.41 bits per heavy atom. The van der Waals surface area contributed by atoms with Gasteiger partial charge in [-0.2, -0.15) is 5.10 Å². The van der Waals surface area contributed by atoms with Crippen molar-refractivity contribution >= 4 is 33.5 Å². The number of phenolic OH excluding ortho intramolecular Hbond substituents is 1. The monoisotopic (exact) mass is 537 g/mol. The van der Waals surface area contributed by atoms with Crippen LogP contribution in [0.2, 0.25) is 0 Å². The minimum Gasteiger partial charge on any atom is -0.502 e. The van der Waals surface area contributed by atoms with Crippen LogP contribution in [0.25, 0.3) is 11.3 Å². The smallest absolute Gasteiger partial charge is 0.206 e. The molecule has 4 rings (SSSR count). The van der Waals surface area contributed by atoms with Crippen molar-refractivity contribution in [3.05, 3.63) is 92.5 Å². The summed E-state index contributed by atoms with van der Waals surface area (Å²) in [5.74, 6) is 0.587. The minimum absolute atomic E-state index is 0.0447. The molecule has 0 aliphatic rings. The maximum absolute atomic E-state index is 10.2. The standard InChI is InChI=1S/C26H24BrN3O3S/c1-32-23-13-19(14-24(33-2)25(23)31)16-29-30-22(20-9-6-10-21(27)15-20)17-34-26(30)28-12-11-18-7-4-3-5-8-18/h3-10,13-17,31H,11-12H2,1-2H3. The zero-order valence-electron chi connectivity index (χ0n) is 18.8. The average molecular weight is 538 g/mol. The quantitative estimate of drug-likeness (QED) is 0.292. The largest absolute Gasteiger partial charge is 0.502 e. The minimum atomic E-state index is -0.0447. The van der Waals surface area contributed by atoms with Gasteiger partial charge in [0.15, 0.2) is 11.5 Å². The third kappa shape index (κ3) is 5.58. The molecule has 1 N–H and O–H groups in total. The van der Waals surface area contributed by atoms with Crippen LogP contribution in [0.1, 0.15) is 11.1 Å². The number of halogens is 1. The van der Waals surface area contributed by atoms with Gasteiger partial charge >= 0.3 is 0 Å². The second-order valence-corrected chi connectivity index (χ2v) is 9.11. The van der Waals surface area contributed by atoms with Crippen molar-refractivity contribution in [1.82, 2.24) is 4.68 Å². The molecule has 1 aromatic heterocycles. The van der Waals surface area contributed by atoms with Crippen molar-refractivity contribution in [2.75, 3.05) is 20.8 Å². The maximum atomic E-state index is 10.2. The fraction of sp³-hybridized carbons (Fsp3) is 0.154. The van der Waals surface area contributed by atoms with Gasteiger partial charge in [0, 0.05) is 27.5 Å². The molecule has 1 heterocycles. The van der Waals surface area contributed by atoms with Crippen LogP contribution < -0.4 is 14.3 Å². The summed E-state index contributed by atoms with van der Waals surface area (Å²) in [5, 5.41) is 17.0. The van der Waals surface area contributed by atoms with E-state index in [1.165, 1.54) is 19.8 Å². The summed E-state index contributed by atoms with van der Waals surface area (Å²) in [6.07, 6.45) is 2.55. The van der Waals surface area contributed by atoms with Crippen molar-refractivity contribution in [1.29, 1.82) is 0 Å². The van der Waals surface area contributed by atoms with Crippen LogP contribution in [0.15, 0.2) is 86.7 Å². The highest BCUT2D eigenvalue weighted by molar-refractivity contribution is 9.10. The van der Waals surface area contributed by atoms with E-state index in [1.54, 1.807) is 29.7 Å². The molecular formula is C26H24BrN3O3S. The Morgan fingerprint density at radius 2 is 1.74 bits per heavy atom. The maximum Gasteiger partial charge on any atom is 0.206 e. The third-order valence-corrected chi connectivity index (χ3v) is 6.47. The molecule has 0 bridgehead atoms. The first-order chi connectivity index (χ1) is 16.6. The second-order valence-electron chi connectivity index (χ2n) is 7.36. The van der Waals surface area contributed by atoms with Crippen LogP contribution in [0.4, 0.5) is 0 Å². The van der Waals surface area contributed by atoms with Gasteiger partial charge in [0.25, 0.3) is 0 Å². The van der Waals surface area contributed by atoms with E-state index < -0.39 is 0 Å². The van der Waals surface area contributed by atoms with E-state index in [1.807, 2.05) is 41.1 Å². The number of aromatic nitrogens is 1. The number of ether oxygens (including phenoxy) is 2. The summed E-state index contributed by atoms with van der Waals surface area (Å²) >= 11 is 5.10. The van der Waals surface area contributed by atoms with Gasteiger partial charge in [-0.05, 0) is 36.2 Å². The highest BCUT2D eigenvalue weighted by Crippen LogP contribution is 2.36. The number of benzene rings is 3. The molecule has 4 aromatic rings. The molecule has 0 radical (unpaired) electrons. The molecule has 0 amide bonds. The molecule has 8 heteroatoms. The average Bonchev–Trinajstić information content (AvgIpc) is 3.26. The highest BCUT2D eigenvalue weighted by Gasteiger charge is 2.11. The van der Waals surface area contributed by atoms with Gasteiger partial charge in [0.1, 0.15) is 0 Å². The fourth-order valence-electron chi connectivity index (χ4n) is 3.40. The Hall–Kier alpha value is -3.36. The molecule has 0 fully saturated rings. The van der Waals surface area contributed by atoms with Crippen molar-refractivity contribution in [3.63, 3.8) is 0 Å². The van der Waals surface area contributed by atoms with E-state index in [9.17, 15) is 5.11 Å². The Balaban J connectivity index is 1.73. The summed E-state index contributed by atoms with van der Waals surface area (Å²) in [6, 6.07) is 21.8. The van der Waals surface area contributed by atoms with E-state index in [4.69, 9.17) is 19.6 Å². The molecular weight excluding hydrogens is 514 g/mol. The van der Waals surface area contributed by atoms with Crippen LogP contribution >= 0.6 is 27.3 Å². The number of methoxy groups -OCH3 is 2. The van der Waals surface area contributed by atoms with E-state index in [0.29, 0.717) is 18.0 Å². The summed E-state index contributed by atoms with van der Waals surface area (Å²) in [4.78, 5) is 5.62. The van der Waals surface area contributed by atoms with E-state index in [2.05, 4.69) is 39.5 Å². The van der Waals surface area contributed by atoms with Crippen LogP contribution in [0.3, 0.4) is 0 Å². The number of nitrogens with zero attached hydrogens (tertiary/aromatic N) is 3. The predicted octanol–water partition coefficient (Wildman–Crippen LogP) is 5.73. The van der Waals surface area contributed by atoms with E-state index in [-0.39, 0.29) is 5.75 Å². The molecule has 0 saturated carbocycles. The number of rotatable bonds is 8. The lowest BCUT2D eigenvalue weighted by molar-refractivity contribution is 0.340. The summed E-state index contributed by atoms with van der Waals surface area (Å²) in [6.45, 7) is 0.652. The first-order valence-corrected chi connectivity index (χ1v) is 12.3. The molecule has 0 aliphatic heterocycles. The normalized spacial score (nSPS) is 11.8. The van der Waals surface area contributed by atoms with Crippen molar-refractivity contribution in [3.8, 4) is 28.5 Å². The molecule has 174 valence electrons. The van der Waals surface area contributed by atoms with Gasteiger partial charge in [-0.15, -0.1) is 11.3 Å². The fourth-order valence-corrected chi connectivity index (χ4v) is 4.67.